The summed E-state index contributed by atoms with van der Waals surface area (Å²) in [5, 5.41) is 2.76. The molecule has 1 heterocycles. The van der Waals surface area contributed by atoms with Gasteiger partial charge >= 0.3 is 12.1 Å². The van der Waals surface area contributed by atoms with Gasteiger partial charge in [0.15, 0.2) is 0 Å². The SMILES string of the molecule is CCOC(=O)CN1CCCC1CNC(=O)OC(C)(C)C. The molecule has 1 amide bonds. The number of esters is 1. The van der Waals surface area contributed by atoms with Crippen molar-refractivity contribution in [3.63, 3.8) is 0 Å². The second-order valence-corrected chi connectivity index (χ2v) is 5.95. The molecule has 6 nitrogen and oxygen atoms in total. The number of likely N-dealkylation sites (tertiary alicyclic amines) is 1. The van der Waals surface area contributed by atoms with Crippen molar-refractivity contribution >= 4 is 12.1 Å². The molecule has 1 fully saturated rings. The Morgan fingerprint density at radius 3 is 2.65 bits per heavy atom. The van der Waals surface area contributed by atoms with Crippen molar-refractivity contribution in [1.82, 2.24) is 10.2 Å². The van der Waals surface area contributed by atoms with Crippen LogP contribution in [0.2, 0.25) is 0 Å². The van der Waals surface area contributed by atoms with Crippen LogP contribution in [-0.4, -0.2) is 54.8 Å². The Morgan fingerprint density at radius 2 is 2.05 bits per heavy atom. The summed E-state index contributed by atoms with van der Waals surface area (Å²) in [6, 6.07) is 0.173. The van der Waals surface area contributed by atoms with Crippen molar-refractivity contribution in [2.75, 3.05) is 26.2 Å². The second-order valence-electron chi connectivity index (χ2n) is 5.95. The number of ether oxygens (including phenoxy) is 2. The van der Waals surface area contributed by atoms with Crippen molar-refractivity contribution in [1.29, 1.82) is 0 Å². The van der Waals surface area contributed by atoms with E-state index in [0.29, 0.717) is 13.2 Å². The molecular formula is C14H26N2O4. The van der Waals surface area contributed by atoms with Crippen LogP contribution < -0.4 is 5.32 Å². The first-order chi connectivity index (χ1) is 9.31. The Labute approximate surface area is 120 Å². The number of hydrogen-bond donors (Lipinski definition) is 1. The normalized spacial score (nSPS) is 19.7. The number of alkyl carbamates (subject to hydrolysis) is 1. The van der Waals surface area contributed by atoms with Crippen LogP contribution in [0.1, 0.15) is 40.5 Å². The summed E-state index contributed by atoms with van der Waals surface area (Å²) in [4.78, 5) is 25.1. The summed E-state index contributed by atoms with van der Waals surface area (Å²) in [5.74, 6) is -0.211. The first-order valence-corrected chi connectivity index (χ1v) is 7.18. The second kappa shape index (κ2) is 7.47. The largest absolute Gasteiger partial charge is 0.465 e. The Hall–Kier alpha value is -1.30. The number of carbonyl (C=O) groups excluding carboxylic acids is 2. The zero-order valence-electron chi connectivity index (χ0n) is 12.9. The van der Waals surface area contributed by atoms with Crippen LogP contribution in [0, 0.1) is 0 Å². The van der Waals surface area contributed by atoms with Gasteiger partial charge in [-0.2, -0.15) is 0 Å². The number of hydrogen-bond acceptors (Lipinski definition) is 5. The van der Waals surface area contributed by atoms with Crippen LogP contribution >= 0.6 is 0 Å². The average molecular weight is 286 g/mol. The molecule has 0 aliphatic carbocycles. The number of rotatable bonds is 5. The van der Waals surface area contributed by atoms with Gasteiger partial charge in [-0.3, -0.25) is 9.69 Å². The maximum atomic E-state index is 11.6. The van der Waals surface area contributed by atoms with Crippen LogP contribution in [-0.2, 0) is 14.3 Å². The Bertz CT molecular complexity index is 339. The molecule has 0 radical (unpaired) electrons. The highest BCUT2D eigenvalue weighted by atomic mass is 16.6. The topological polar surface area (TPSA) is 67.9 Å². The van der Waals surface area contributed by atoms with Crippen molar-refractivity contribution in [2.24, 2.45) is 0 Å². The molecule has 6 heteroatoms. The molecule has 1 atom stereocenters. The Balaban J connectivity index is 2.35. The lowest BCUT2D eigenvalue weighted by atomic mass is 10.2. The van der Waals surface area contributed by atoms with E-state index in [1.165, 1.54) is 0 Å². The van der Waals surface area contributed by atoms with Crippen molar-refractivity contribution in [2.45, 2.75) is 52.2 Å². The van der Waals surface area contributed by atoms with E-state index >= 15 is 0 Å². The van der Waals surface area contributed by atoms with Crippen LogP contribution in [0.15, 0.2) is 0 Å². The maximum Gasteiger partial charge on any atom is 0.407 e. The highest BCUT2D eigenvalue weighted by Gasteiger charge is 2.27. The monoisotopic (exact) mass is 286 g/mol. The molecule has 0 aromatic carbocycles. The predicted molar refractivity (Wildman–Crippen MR) is 75.5 cm³/mol. The summed E-state index contributed by atoms with van der Waals surface area (Å²) in [6.07, 6.45) is 1.58. The summed E-state index contributed by atoms with van der Waals surface area (Å²) in [7, 11) is 0. The molecule has 0 aromatic rings. The highest BCUT2D eigenvalue weighted by Crippen LogP contribution is 2.16. The lowest BCUT2D eigenvalue weighted by molar-refractivity contribution is -0.144. The Kier molecular flexibility index (Phi) is 6.26. The standard InChI is InChI=1S/C14H26N2O4/c1-5-19-12(17)10-16-8-6-7-11(16)9-15-13(18)20-14(2,3)4/h11H,5-10H2,1-4H3,(H,15,18). The van der Waals surface area contributed by atoms with E-state index in [1.54, 1.807) is 6.92 Å². The van der Waals surface area contributed by atoms with Gasteiger partial charge in [-0.1, -0.05) is 0 Å². The fraction of sp³-hybridized carbons (Fsp3) is 0.857. The van der Waals surface area contributed by atoms with Crippen molar-refractivity contribution in [3.05, 3.63) is 0 Å². The van der Waals surface area contributed by atoms with E-state index in [2.05, 4.69) is 10.2 Å². The van der Waals surface area contributed by atoms with E-state index < -0.39 is 11.7 Å². The van der Waals surface area contributed by atoms with Crippen LogP contribution in [0.4, 0.5) is 4.79 Å². The molecule has 1 saturated heterocycles. The third kappa shape index (κ3) is 6.23. The van der Waals surface area contributed by atoms with E-state index in [-0.39, 0.29) is 18.6 Å². The highest BCUT2D eigenvalue weighted by molar-refractivity contribution is 5.71. The molecule has 0 bridgehead atoms. The predicted octanol–water partition coefficient (Wildman–Crippen LogP) is 1.54. The van der Waals surface area contributed by atoms with Crippen LogP contribution in [0.3, 0.4) is 0 Å². The van der Waals surface area contributed by atoms with E-state index in [0.717, 1.165) is 19.4 Å². The van der Waals surface area contributed by atoms with Gasteiger partial charge in [0.05, 0.1) is 13.2 Å². The number of carbonyl (C=O) groups is 2. The molecule has 20 heavy (non-hydrogen) atoms. The molecule has 0 aromatic heterocycles. The van der Waals surface area contributed by atoms with Gasteiger partial charge in [0, 0.05) is 12.6 Å². The molecule has 1 N–H and O–H groups in total. The molecule has 0 saturated carbocycles. The first kappa shape index (κ1) is 16.8. The minimum Gasteiger partial charge on any atom is -0.465 e. The van der Waals surface area contributed by atoms with Gasteiger partial charge < -0.3 is 14.8 Å². The summed E-state index contributed by atoms with van der Waals surface area (Å²) < 4.78 is 10.1. The van der Waals surface area contributed by atoms with Crippen molar-refractivity contribution in [3.8, 4) is 0 Å². The third-order valence-electron chi connectivity index (χ3n) is 3.02. The summed E-state index contributed by atoms with van der Waals surface area (Å²) in [5.41, 5.74) is -0.496. The lowest BCUT2D eigenvalue weighted by Crippen LogP contribution is -2.43. The average Bonchev–Trinajstić information content (AvgIpc) is 2.71. The maximum absolute atomic E-state index is 11.6. The molecule has 1 rings (SSSR count). The van der Waals surface area contributed by atoms with Gasteiger partial charge in [0.1, 0.15) is 5.60 Å². The fourth-order valence-electron chi connectivity index (χ4n) is 2.22. The minimum atomic E-state index is -0.496. The van der Waals surface area contributed by atoms with E-state index in [9.17, 15) is 9.59 Å². The lowest BCUT2D eigenvalue weighted by Gasteiger charge is -2.25. The smallest absolute Gasteiger partial charge is 0.407 e. The fourth-order valence-corrected chi connectivity index (χ4v) is 2.22. The zero-order chi connectivity index (χ0) is 15.2. The summed E-state index contributed by atoms with van der Waals surface area (Å²) >= 11 is 0. The zero-order valence-corrected chi connectivity index (χ0v) is 12.9. The third-order valence-corrected chi connectivity index (χ3v) is 3.02. The molecule has 116 valence electrons. The van der Waals surface area contributed by atoms with Gasteiger partial charge in [-0.15, -0.1) is 0 Å². The number of nitrogens with zero attached hydrogens (tertiary/aromatic N) is 1. The van der Waals surface area contributed by atoms with Gasteiger partial charge in [-0.05, 0) is 47.1 Å². The minimum absolute atomic E-state index is 0.173. The number of nitrogens with one attached hydrogen (secondary N) is 1. The molecule has 1 aliphatic rings. The van der Waals surface area contributed by atoms with E-state index in [4.69, 9.17) is 9.47 Å². The molecule has 1 aliphatic heterocycles. The molecule has 0 spiro atoms. The van der Waals surface area contributed by atoms with E-state index in [1.807, 2.05) is 20.8 Å². The number of amides is 1. The summed E-state index contributed by atoms with van der Waals surface area (Å²) in [6.45, 7) is 9.32. The molecular weight excluding hydrogens is 260 g/mol. The Morgan fingerprint density at radius 1 is 1.35 bits per heavy atom. The quantitative estimate of drug-likeness (QED) is 0.776. The van der Waals surface area contributed by atoms with Crippen molar-refractivity contribution < 1.29 is 19.1 Å². The molecule has 1 unspecified atom stereocenters. The van der Waals surface area contributed by atoms with Crippen LogP contribution in [0.5, 0.6) is 0 Å². The first-order valence-electron chi connectivity index (χ1n) is 7.18. The van der Waals surface area contributed by atoms with Gasteiger partial charge in [0.2, 0.25) is 0 Å². The van der Waals surface area contributed by atoms with Gasteiger partial charge in [-0.25, -0.2) is 4.79 Å². The van der Waals surface area contributed by atoms with Crippen LogP contribution in [0.25, 0.3) is 0 Å². The van der Waals surface area contributed by atoms with Gasteiger partial charge in [0.25, 0.3) is 0 Å².